The van der Waals surface area contributed by atoms with Crippen molar-refractivity contribution in [2.24, 2.45) is 17.6 Å². The van der Waals surface area contributed by atoms with E-state index in [0.717, 1.165) is 23.9 Å². The molecule has 0 spiro atoms. The van der Waals surface area contributed by atoms with Crippen molar-refractivity contribution in [3.63, 3.8) is 0 Å². The van der Waals surface area contributed by atoms with Crippen LogP contribution in [0.25, 0.3) is 0 Å². The Morgan fingerprint density at radius 1 is 1.24 bits per heavy atom. The minimum atomic E-state index is 0.452. The molecule has 0 aliphatic carbocycles. The summed E-state index contributed by atoms with van der Waals surface area (Å²) in [7, 11) is 2.31. The Balaban J connectivity index is 1.83. The lowest BCUT2D eigenvalue weighted by Gasteiger charge is -2.39. The van der Waals surface area contributed by atoms with Gasteiger partial charge in [-0.3, -0.25) is 0 Å². The van der Waals surface area contributed by atoms with Gasteiger partial charge in [-0.1, -0.05) is 26.7 Å². The van der Waals surface area contributed by atoms with E-state index in [1.54, 1.807) is 0 Å². The van der Waals surface area contributed by atoms with Crippen LogP contribution in [0.1, 0.15) is 58.8 Å². The molecule has 0 amide bonds. The molecule has 2 aliphatic heterocycles. The molecule has 2 nitrogen and oxygen atoms in total. The van der Waals surface area contributed by atoms with Crippen molar-refractivity contribution in [1.82, 2.24) is 4.90 Å². The molecule has 2 N–H and O–H groups in total. The number of hydrogen-bond donors (Lipinski definition) is 1. The first-order valence-electron chi connectivity index (χ1n) is 7.59. The topological polar surface area (TPSA) is 29.3 Å². The summed E-state index contributed by atoms with van der Waals surface area (Å²) in [5, 5.41) is 0. The van der Waals surface area contributed by atoms with Crippen molar-refractivity contribution in [3.05, 3.63) is 0 Å². The fraction of sp³-hybridized carbons (Fsp3) is 1.00. The lowest BCUT2D eigenvalue weighted by molar-refractivity contribution is 0.115. The van der Waals surface area contributed by atoms with Crippen molar-refractivity contribution < 1.29 is 0 Å². The first kappa shape index (κ1) is 13.4. The summed E-state index contributed by atoms with van der Waals surface area (Å²) in [6, 6.07) is 2.13. The Morgan fingerprint density at radius 3 is 2.35 bits per heavy atom. The number of nitrogens with zero attached hydrogens (tertiary/aromatic N) is 1. The third-order valence-corrected chi connectivity index (χ3v) is 5.20. The Hall–Kier alpha value is -0.0800. The zero-order chi connectivity index (χ0) is 12.4. The number of nitrogens with two attached hydrogens (primary N) is 1. The van der Waals surface area contributed by atoms with Gasteiger partial charge in [0.1, 0.15) is 0 Å². The maximum atomic E-state index is 6.46. The molecule has 2 aliphatic rings. The van der Waals surface area contributed by atoms with Gasteiger partial charge in [-0.2, -0.15) is 0 Å². The van der Waals surface area contributed by atoms with Gasteiger partial charge in [-0.25, -0.2) is 0 Å². The quantitative estimate of drug-likeness (QED) is 0.798. The molecule has 2 heterocycles. The van der Waals surface area contributed by atoms with Crippen LogP contribution in [0.5, 0.6) is 0 Å². The molecule has 4 atom stereocenters. The number of hydrogen-bond acceptors (Lipinski definition) is 2. The van der Waals surface area contributed by atoms with E-state index in [1.165, 1.54) is 44.9 Å². The van der Waals surface area contributed by atoms with E-state index in [1.807, 2.05) is 0 Å². The molecule has 0 aromatic rings. The van der Waals surface area contributed by atoms with E-state index in [4.69, 9.17) is 5.73 Å². The highest BCUT2D eigenvalue weighted by molar-refractivity contribution is 4.96. The van der Waals surface area contributed by atoms with Crippen molar-refractivity contribution >= 4 is 0 Å². The smallest absolute Gasteiger partial charge is 0.00989 e. The SMILES string of the molecule is CCCC(C)CC(N)C1CC2CCC(C1)N2C. The highest BCUT2D eigenvalue weighted by Crippen LogP contribution is 2.39. The summed E-state index contributed by atoms with van der Waals surface area (Å²) < 4.78 is 0. The molecule has 100 valence electrons. The van der Waals surface area contributed by atoms with Crippen LogP contribution in [0, 0.1) is 11.8 Å². The van der Waals surface area contributed by atoms with Crippen molar-refractivity contribution in [2.45, 2.75) is 76.9 Å². The van der Waals surface area contributed by atoms with Gasteiger partial charge >= 0.3 is 0 Å². The molecule has 0 saturated carbocycles. The summed E-state index contributed by atoms with van der Waals surface area (Å²) in [5.74, 6) is 1.61. The minimum Gasteiger partial charge on any atom is -0.327 e. The van der Waals surface area contributed by atoms with Crippen LogP contribution < -0.4 is 5.73 Å². The van der Waals surface area contributed by atoms with Crippen LogP contribution in [0.3, 0.4) is 0 Å². The van der Waals surface area contributed by atoms with Gasteiger partial charge < -0.3 is 10.6 Å². The highest BCUT2D eigenvalue weighted by atomic mass is 15.2. The normalized spacial score (nSPS) is 37.1. The lowest BCUT2D eigenvalue weighted by atomic mass is 9.81. The maximum Gasteiger partial charge on any atom is 0.00989 e. The van der Waals surface area contributed by atoms with Crippen LogP contribution in [-0.4, -0.2) is 30.1 Å². The predicted octanol–water partition coefficient (Wildman–Crippen LogP) is 3.01. The molecule has 0 radical (unpaired) electrons. The van der Waals surface area contributed by atoms with Gasteiger partial charge in [0.05, 0.1) is 0 Å². The molecule has 2 rings (SSSR count). The first-order chi connectivity index (χ1) is 8.11. The average Bonchev–Trinajstić information content (AvgIpc) is 2.53. The van der Waals surface area contributed by atoms with E-state index in [0.29, 0.717) is 6.04 Å². The minimum absolute atomic E-state index is 0.452. The summed E-state index contributed by atoms with van der Waals surface area (Å²) in [6.45, 7) is 4.64. The summed E-state index contributed by atoms with van der Waals surface area (Å²) >= 11 is 0. The highest BCUT2D eigenvalue weighted by Gasteiger charge is 2.40. The zero-order valence-electron chi connectivity index (χ0n) is 11.9. The summed E-state index contributed by atoms with van der Waals surface area (Å²) in [4.78, 5) is 2.61. The number of piperidine rings is 1. The second-order valence-corrected chi connectivity index (χ2v) is 6.58. The van der Waals surface area contributed by atoms with Crippen LogP contribution in [0.15, 0.2) is 0 Å². The maximum absolute atomic E-state index is 6.46. The number of fused-ring (bicyclic) bond motifs is 2. The molecular formula is C15H30N2. The van der Waals surface area contributed by atoms with Gasteiger partial charge in [0.2, 0.25) is 0 Å². The molecule has 2 saturated heterocycles. The van der Waals surface area contributed by atoms with Gasteiger partial charge in [0.25, 0.3) is 0 Å². The van der Waals surface area contributed by atoms with Crippen molar-refractivity contribution in [1.29, 1.82) is 0 Å². The standard InChI is InChI=1S/C15H30N2/c1-4-5-11(2)8-15(16)12-9-13-6-7-14(10-12)17(13)3/h11-15H,4-10,16H2,1-3H3. The van der Waals surface area contributed by atoms with E-state index < -0.39 is 0 Å². The largest absolute Gasteiger partial charge is 0.327 e. The Morgan fingerprint density at radius 2 is 1.82 bits per heavy atom. The van der Waals surface area contributed by atoms with Gasteiger partial charge in [0.15, 0.2) is 0 Å². The Kier molecular flexibility index (Phi) is 4.48. The van der Waals surface area contributed by atoms with Crippen LogP contribution in [0.4, 0.5) is 0 Å². The fourth-order valence-electron chi connectivity index (χ4n) is 4.07. The monoisotopic (exact) mass is 238 g/mol. The van der Waals surface area contributed by atoms with Crippen molar-refractivity contribution in [2.75, 3.05) is 7.05 Å². The second-order valence-electron chi connectivity index (χ2n) is 6.58. The number of rotatable bonds is 5. The molecule has 0 aromatic carbocycles. The molecule has 4 unspecified atom stereocenters. The predicted molar refractivity (Wildman–Crippen MR) is 74.0 cm³/mol. The molecule has 2 fully saturated rings. The van der Waals surface area contributed by atoms with E-state index in [9.17, 15) is 0 Å². The van der Waals surface area contributed by atoms with Crippen LogP contribution in [-0.2, 0) is 0 Å². The van der Waals surface area contributed by atoms with Crippen LogP contribution in [0.2, 0.25) is 0 Å². The van der Waals surface area contributed by atoms with E-state index in [2.05, 4.69) is 25.8 Å². The zero-order valence-corrected chi connectivity index (χ0v) is 11.9. The third-order valence-electron chi connectivity index (χ3n) is 5.20. The molecule has 17 heavy (non-hydrogen) atoms. The molecular weight excluding hydrogens is 208 g/mol. The van der Waals surface area contributed by atoms with Crippen LogP contribution >= 0.6 is 0 Å². The fourth-order valence-corrected chi connectivity index (χ4v) is 4.07. The average molecular weight is 238 g/mol. The summed E-state index contributed by atoms with van der Waals surface area (Å²) in [5.41, 5.74) is 6.46. The van der Waals surface area contributed by atoms with Gasteiger partial charge in [-0.05, 0) is 51.0 Å². The van der Waals surface area contributed by atoms with E-state index >= 15 is 0 Å². The Labute approximate surface area is 107 Å². The molecule has 2 heteroatoms. The van der Waals surface area contributed by atoms with Crippen molar-refractivity contribution in [3.8, 4) is 0 Å². The molecule has 2 bridgehead atoms. The summed E-state index contributed by atoms with van der Waals surface area (Å²) in [6.07, 6.45) is 9.41. The third kappa shape index (κ3) is 3.03. The second kappa shape index (κ2) is 5.71. The van der Waals surface area contributed by atoms with Gasteiger partial charge in [-0.15, -0.1) is 0 Å². The lowest BCUT2D eigenvalue weighted by Crippen LogP contribution is -2.45. The van der Waals surface area contributed by atoms with E-state index in [-0.39, 0.29) is 0 Å². The molecule has 0 aromatic heterocycles. The first-order valence-corrected chi connectivity index (χ1v) is 7.59. The Bertz CT molecular complexity index is 227. The van der Waals surface area contributed by atoms with Gasteiger partial charge in [0, 0.05) is 18.1 Å².